The van der Waals surface area contributed by atoms with Crippen molar-refractivity contribution in [2.45, 2.75) is 44.1 Å². The van der Waals surface area contributed by atoms with Gasteiger partial charge in [0, 0.05) is 35.9 Å². The van der Waals surface area contributed by atoms with Crippen molar-refractivity contribution in [3.05, 3.63) is 60.5 Å². The fourth-order valence-electron chi connectivity index (χ4n) is 4.54. The number of carbonyl (C=O) groups is 2. The molecular weight excluding hydrogens is 406 g/mol. The van der Waals surface area contributed by atoms with Crippen LogP contribution in [0.2, 0.25) is 0 Å². The average molecular weight is 431 g/mol. The van der Waals surface area contributed by atoms with Gasteiger partial charge in [-0.25, -0.2) is 4.79 Å². The molecular formula is C24H25N5O3. The summed E-state index contributed by atoms with van der Waals surface area (Å²) in [7, 11) is 0. The maximum Gasteiger partial charge on any atom is 0.323 e. The van der Waals surface area contributed by atoms with Gasteiger partial charge in [-0.3, -0.25) is 4.79 Å². The molecule has 3 aromatic rings. The quantitative estimate of drug-likeness (QED) is 0.613. The molecule has 1 aliphatic carbocycles. The summed E-state index contributed by atoms with van der Waals surface area (Å²) in [6.45, 7) is 0.645. The van der Waals surface area contributed by atoms with Crippen molar-refractivity contribution in [2.24, 2.45) is 0 Å². The first kappa shape index (κ1) is 20.2. The minimum Gasteiger partial charge on any atom is -0.339 e. The second-order valence-corrected chi connectivity index (χ2v) is 8.37. The number of anilines is 2. The van der Waals surface area contributed by atoms with E-state index < -0.39 is 0 Å². The summed E-state index contributed by atoms with van der Waals surface area (Å²) in [6, 6.07) is 16.5. The first-order valence-corrected chi connectivity index (χ1v) is 11.0. The second-order valence-electron chi connectivity index (χ2n) is 8.37. The number of rotatable bonds is 5. The summed E-state index contributed by atoms with van der Waals surface area (Å²) < 4.78 is 5.52. The van der Waals surface area contributed by atoms with E-state index in [4.69, 9.17) is 4.52 Å². The van der Waals surface area contributed by atoms with Crippen molar-refractivity contribution in [2.75, 3.05) is 17.2 Å². The number of urea groups is 1. The third kappa shape index (κ3) is 4.34. The highest BCUT2D eigenvalue weighted by Gasteiger charge is 2.38. The van der Waals surface area contributed by atoms with Crippen LogP contribution in [0.25, 0.3) is 11.4 Å². The van der Waals surface area contributed by atoms with Crippen molar-refractivity contribution in [1.29, 1.82) is 0 Å². The van der Waals surface area contributed by atoms with E-state index in [1.807, 2.05) is 47.4 Å². The predicted molar refractivity (Wildman–Crippen MR) is 120 cm³/mol. The lowest BCUT2D eigenvalue weighted by atomic mass is 10.1. The Kier molecular flexibility index (Phi) is 5.58. The van der Waals surface area contributed by atoms with Crippen molar-refractivity contribution in [3.8, 4) is 11.4 Å². The monoisotopic (exact) mass is 431 g/mol. The Labute approximate surface area is 186 Å². The SMILES string of the molecule is O=C(Nc1ccccc1)Nc1cccc(-c2noc(C3CC(=O)N(C4CCCC4)C3)n2)c1. The molecule has 8 heteroatoms. The minimum absolute atomic E-state index is 0.0673. The lowest BCUT2D eigenvalue weighted by Crippen LogP contribution is -2.34. The van der Waals surface area contributed by atoms with Gasteiger partial charge in [0.15, 0.2) is 0 Å². The van der Waals surface area contributed by atoms with Crippen LogP contribution >= 0.6 is 0 Å². The first-order valence-electron chi connectivity index (χ1n) is 11.0. The zero-order valence-corrected chi connectivity index (χ0v) is 17.7. The molecule has 5 rings (SSSR count). The Balaban J connectivity index is 1.25. The van der Waals surface area contributed by atoms with Crippen LogP contribution in [0.1, 0.15) is 43.9 Å². The van der Waals surface area contributed by atoms with Gasteiger partial charge in [0.2, 0.25) is 17.6 Å². The Morgan fingerprint density at radius 2 is 1.75 bits per heavy atom. The van der Waals surface area contributed by atoms with Crippen LogP contribution in [-0.4, -0.2) is 39.6 Å². The van der Waals surface area contributed by atoms with Crippen molar-refractivity contribution in [3.63, 3.8) is 0 Å². The summed E-state index contributed by atoms with van der Waals surface area (Å²) in [6.07, 6.45) is 4.98. The van der Waals surface area contributed by atoms with E-state index >= 15 is 0 Å². The van der Waals surface area contributed by atoms with Crippen LogP contribution in [0.15, 0.2) is 59.1 Å². The Morgan fingerprint density at radius 3 is 2.56 bits per heavy atom. The Morgan fingerprint density at radius 1 is 1.00 bits per heavy atom. The maximum absolute atomic E-state index is 12.5. The van der Waals surface area contributed by atoms with Gasteiger partial charge >= 0.3 is 6.03 Å². The average Bonchev–Trinajstić information content (AvgIpc) is 3.55. The summed E-state index contributed by atoms with van der Waals surface area (Å²) in [5, 5.41) is 9.73. The summed E-state index contributed by atoms with van der Waals surface area (Å²) >= 11 is 0. The van der Waals surface area contributed by atoms with Gasteiger partial charge in [-0.15, -0.1) is 0 Å². The highest BCUT2D eigenvalue weighted by molar-refractivity contribution is 6.00. The van der Waals surface area contributed by atoms with Crippen LogP contribution in [0.3, 0.4) is 0 Å². The Hall–Kier alpha value is -3.68. The van der Waals surface area contributed by atoms with E-state index in [0.29, 0.717) is 42.1 Å². The van der Waals surface area contributed by atoms with Gasteiger partial charge in [0.05, 0.1) is 5.92 Å². The first-order chi connectivity index (χ1) is 15.7. The van der Waals surface area contributed by atoms with Crippen molar-refractivity contribution < 1.29 is 14.1 Å². The molecule has 1 aliphatic heterocycles. The molecule has 1 atom stereocenters. The van der Waals surface area contributed by atoms with Gasteiger partial charge in [0.25, 0.3) is 0 Å². The zero-order valence-electron chi connectivity index (χ0n) is 17.7. The third-order valence-corrected chi connectivity index (χ3v) is 6.13. The number of para-hydroxylation sites is 1. The molecule has 1 aromatic heterocycles. The van der Waals surface area contributed by atoms with Crippen molar-refractivity contribution >= 4 is 23.3 Å². The van der Waals surface area contributed by atoms with Crippen LogP contribution in [0, 0.1) is 0 Å². The van der Waals surface area contributed by atoms with E-state index in [2.05, 4.69) is 20.8 Å². The fraction of sp³-hybridized carbons (Fsp3) is 0.333. The van der Waals surface area contributed by atoms with Gasteiger partial charge in [-0.2, -0.15) is 4.98 Å². The summed E-state index contributed by atoms with van der Waals surface area (Å²) in [5.41, 5.74) is 2.06. The number of likely N-dealkylation sites (tertiary alicyclic amines) is 1. The predicted octanol–water partition coefficient (Wildman–Crippen LogP) is 4.64. The number of nitrogens with one attached hydrogen (secondary N) is 2. The zero-order chi connectivity index (χ0) is 21.9. The molecule has 2 aromatic carbocycles. The molecule has 2 aliphatic rings. The standard InChI is InChI=1S/C24H25N5O3/c30-21-14-17(15-29(21)20-11-4-5-12-20)23-27-22(28-32-23)16-7-6-10-19(13-16)26-24(31)25-18-8-2-1-3-9-18/h1-3,6-10,13,17,20H,4-5,11-12,14-15H2,(H2,25,26,31). The van der Waals surface area contributed by atoms with E-state index in [9.17, 15) is 9.59 Å². The number of aromatic nitrogens is 2. The molecule has 0 radical (unpaired) electrons. The molecule has 1 saturated carbocycles. The summed E-state index contributed by atoms with van der Waals surface area (Å²) in [4.78, 5) is 31.3. The normalized spacial score (nSPS) is 18.8. The smallest absolute Gasteiger partial charge is 0.323 e. The van der Waals surface area contributed by atoms with E-state index in [1.54, 1.807) is 12.1 Å². The molecule has 164 valence electrons. The molecule has 3 amide bonds. The van der Waals surface area contributed by atoms with Gasteiger partial charge in [-0.1, -0.05) is 48.3 Å². The van der Waals surface area contributed by atoms with Gasteiger partial charge in [0.1, 0.15) is 0 Å². The van der Waals surface area contributed by atoms with E-state index in [1.165, 1.54) is 12.8 Å². The molecule has 2 fully saturated rings. The van der Waals surface area contributed by atoms with E-state index in [-0.39, 0.29) is 17.9 Å². The number of benzene rings is 2. The molecule has 32 heavy (non-hydrogen) atoms. The highest BCUT2D eigenvalue weighted by Crippen LogP contribution is 2.34. The molecule has 1 unspecified atom stereocenters. The number of carbonyl (C=O) groups excluding carboxylic acids is 2. The van der Waals surface area contributed by atoms with Crippen LogP contribution in [-0.2, 0) is 4.79 Å². The second kappa shape index (κ2) is 8.82. The lowest BCUT2D eigenvalue weighted by molar-refractivity contribution is -0.129. The van der Waals surface area contributed by atoms with Crippen molar-refractivity contribution in [1.82, 2.24) is 15.0 Å². The summed E-state index contributed by atoms with van der Waals surface area (Å²) in [5.74, 6) is 1.05. The molecule has 2 N–H and O–H groups in total. The fourth-order valence-corrected chi connectivity index (χ4v) is 4.54. The van der Waals surface area contributed by atoms with E-state index in [0.717, 1.165) is 18.4 Å². The topological polar surface area (TPSA) is 100 Å². The number of amides is 3. The minimum atomic E-state index is -0.335. The third-order valence-electron chi connectivity index (χ3n) is 6.13. The van der Waals surface area contributed by atoms with Crippen LogP contribution in [0.4, 0.5) is 16.2 Å². The highest BCUT2D eigenvalue weighted by atomic mass is 16.5. The van der Waals surface area contributed by atoms with Crippen LogP contribution < -0.4 is 10.6 Å². The Bertz CT molecular complexity index is 1110. The number of hydrogen-bond acceptors (Lipinski definition) is 5. The molecule has 1 saturated heterocycles. The number of nitrogens with zero attached hydrogens (tertiary/aromatic N) is 3. The molecule has 0 spiro atoms. The van der Waals surface area contributed by atoms with Gasteiger partial charge in [-0.05, 0) is 37.1 Å². The molecule has 8 nitrogen and oxygen atoms in total. The molecule has 0 bridgehead atoms. The maximum atomic E-state index is 12.5. The van der Waals surface area contributed by atoms with Crippen LogP contribution in [0.5, 0.6) is 0 Å². The number of hydrogen-bond donors (Lipinski definition) is 2. The van der Waals surface area contributed by atoms with Gasteiger partial charge < -0.3 is 20.1 Å². The molecule has 2 heterocycles. The lowest BCUT2D eigenvalue weighted by Gasteiger charge is -2.23. The largest absolute Gasteiger partial charge is 0.339 e.